The second-order valence-electron chi connectivity index (χ2n) is 5.92. The number of aryl methyl sites for hydroxylation is 1. The fraction of sp³-hybridized carbons (Fsp3) is 0.923. The van der Waals surface area contributed by atoms with Gasteiger partial charge in [0.25, 0.3) is 0 Å². The number of piperazine rings is 1. The fourth-order valence-electron chi connectivity index (χ4n) is 3.08. The van der Waals surface area contributed by atoms with Crippen LogP contribution in [0.5, 0.6) is 0 Å². The molecule has 2 heterocycles. The van der Waals surface area contributed by atoms with E-state index in [9.17, 15) is 0 Å². The molecule has 1 aromatic rings. The van der Waals surface area contributed by atoms with E-state index in [1.807, 2.05) is 7.05 Å². The van der Waals surface area contributed by atoms with Crippen LogP contribution in [-0.4, -0.2) is 50.3 Å². The number of aromatic nitrogens is 4. The third-order valence-corrected chi connectivity index (χ3v) is 4.27. The number of tetrazole rings is 1. The van der Waals surface area contributed by atoms with Gasteiger partial charge in [-0.25, -0.2) is 0 Å². The summed E-state index contributed by atoms with van der Waals surface area (Å²) in [4.78, 5) is 4.10. The van der Waals surface area contributed by atoms with Crippen LogP contribution in [0.4, 0.5) is 0 Å². The van der Waals surface area contributed by atoms with Gasteiger partial charge in [-0.05, 0) is 30.4 Å². The highest BCUT2D eigenvalue weighted by atomic mass is 15.6. The molecule has 2 atom stereocenters. The molecule has 19 heavy (non-hydrogen) atoms. The zero-order chi connectivity index (χ0) is 13.2. The zero-order valence-electron chi connectivity index (χ0n) is 11.9. The Balaban J connectivity index is 1.65. The van der Waals surface area contributed by atoms with Crippen molar-refractivity contribution < 1.29 is 0 Å². The van der Waals surface area contributed by atoms with Crippen LogP contribution in [0, 0.1) is 5.92 Å². The van der Waals surface area contributed by atoms with Crippen LogP contribution in [0.15, 0.2) is 0 Å². The zero-order valence-corrected chi connectivity index (χ0v) is 11.9. The predicted octanol–water partition coefficient (Wildman–Crippen LogP) is 0.563. The van der Waals surface area contributed by atoms with Crippen LogP contribution in [0.3, 0.4) is 0 Å². The van der Waals surface area contributed by atoms with E-state index in [0.717, 1.165) is 31.4 Å². The first-order valence-electron chi connectivity index (χ1n) is 7.46. The molecule has 1 N–H and O–H groups in total. The summed E-state index contributed by atoms with van der Waals surface area (Å²) in [5, 5.41) is 16.1. The van der Waals surface area contributed by atoms with E-state index < -0.39 is 0 Å². The lowest BCUT2D eigenvalue weighted by molar-refractivity contribution is 0.105. The van der Waals surface area contributed by atoms with Gasteiger partial charge in [-0.1, -0.05) is 13.3 Å². The van der Waals surface area contributed by atoms with Crippen LogP contribution in [-0.2, 0) is 13.6 Å². The Bertz CT molecular complexity index is 413. The third kappa shape index (κ3) is 3.12. The number of rotatable bonds is 5. The number of hydrogen-bond donors (Lipinski definition) is 1. The van der Waals surface area contributed by atoms with Gasteiger partial charge in [0.15, 0.2) is 5.82 Å². The minimum absolute atomic E-state index is 0.615. The molecule has 0 aromatic carbocycles. The molecule has 1 aliphatic carbocycles. The third-order valence-electron chi connectivity index (χ3n) is 4.27. The van der Waals surface area contributed by atoms with Crippen molar-refractivity contribution in [1.82, 2.24) is 30.4 Å². The summed E-state index contributed by atoms with van der Waals surface area (Å²) in [6, 6.07) is 1.29. The summed E-state index contributed by atoms with van der Waals surface area (Å²) in [6.45, 7) is 5.33. The van der Waals surface area contributed by atoms with E-state index >= 15 is 0 Å². The highest BCUT2D eigenvalue weighted by Crippen LogP contribution is 2.34. The van der Waals surface area contributed by atoms with Crippen molar-refractivity contribution in [2.75, 3.05) is 13.1 Å². The summed E-state index contributed by atoms with van der Waals surface area (Å²) >= 11 is 0. The van der Waals surface area contributed by atoms with Crippen LogP contribution >= 0.6 is 0 Å². The molecule has 2 fully saturated rings. The molecule has 106 valence electrons. The predicted molar refractivity (Wildman–Crippen MR) is 72.4 cm³/mol. The molecule has 0 amide bonds. The van der Waals surface area contributed by atoms with Gasteiger partial charge in [-0.15, -0.1) is 10.2 Å². The Labute approximate surface area is 114 Å². The maximum Gasteiger partial charge on any atom is 0.188 e. The first-order valence-corrected chi connectivity index (χ1v) is 7.46. The molecule has 1 saturated heterocycles. The lowest BCUT2D eigenvalue weighted by Crippen LogP contribution is -2.56. The maximum atomic E-state index is 4.32. The van der Waals surface area contributed by atoms with Gasteiger partial charge in [0.05, 0.1) is 13.6 Å². The lowest BCUT2D eigenvalue weighted by atomic mass is 10.0. The molecule has 2 aliphatic rings. The van der Waals surface area contributed by atoms with Crippen molar-refractivity contribution in [2.24, 2.45) is 13.0 Å². The van der Waals surface area contributed by atoms with E-state index in [-0.39, 0.29) is 0 Å². The van der Waals surface area contributed by atoms with Crippen molar-refractivity contribution in [2.45, 2.75) is 51.2 Å². The van der Waals surface area contributed by atoms with Gasteiger partial charge in [0.2, 0.25) is 0 Å². The Hall–Kier alpha value is -1.01. The highest BCUT2D eigenvalue weighted by Gasteiger charge is 2.37. The summed E-state index contributed by atoms with van der Waals surface area (Å²) in [5.41, 5.74) is 0. The first kappa shape index (κ1) is 13.0. The molecular formula is C13H24N6. The second-order valence-corrected chi connectivity index (χ2v) is 5.92. The summed E-state index contributed by atoms with van der Waals surface area (Å²) in [5.74, 6) is 1.75. The normalized spacial score (nSPS) is 28.7. The maximum absolute atomic E-state index is 4.32. The molecule has 0 radical (unpaired) electrons. The van der Waals surface area contributed by atoms with Crippen LogP contribution < -0.4 is 5.32 Å². The van der Waals surface area contributed by atoms with Gasteiger partial charge >= 0.3 is 0 Å². The molecular weight excluding hydrogens is 240 g/mol. The quantitative estimate of drug-likeness (QED) is 0.842. The van der Waals surface area contributed by atoms with Crippen LogP contribution in [0.2, 0.25) is 0 Å². The average Bonchev–Trinajstić information content (AvgIpc) is 3.16. The molecule has 0 bridgehead atoms. The molecule has 6 heteroatoms. The Morgan fingerprint density at radius 2 is 2.21 bits per heavy atom. The average molecular weight is 264 g/mol. The van der Waals surface area contributed by atoms with Crippen molar-refractivity contribution in [1.29, 1.82) is 0 Å². The van der Waals surface area contributed by atoms with Gasteiger partial charge < -0.3 is 5.32 Å². The number of hydrogen-bond acceptors (Lipinski definition) is 5. The Morgan fingerprint density at radius 1 is 1.37 bits per heavy atom. The summed E-state index contributed by atoms with van der Waals surface area (Å²) < 4.78 is 0. The molecule has 2 unspecified atom stereocenters. The topological polar surface area (TPSA) is 58.9 Å². The van der Waals surface area contributed by atoms with E-state index in [0.29, 0.717) is 12.1 Å². The Kier molecular flexibility index (Phi) is 3.79. The SMILES string of the molecule is CCCC1CNC(C2CC2)CN1Cc1nnn(C)n1. The molecule has 0 spiro atoms. The van der Waals surface area contributed by atoms with Gasteiger partial charge in [-0.2, -0.15) is 4.80 Å². The van der Waals surface area contributed by atoms with E-state index in [1.54, 1.807) is 4.80 Å². The van der Waals surface area contributed by atoms with Crippen molar-refractivity contribution >= 4 is 0 Å². The van der Waals surface area contributed by atoms with Crippen molar-refractivity contribution in [3.63, 3.8) is 0 Å². The second kappa shape index (κ2) is 5.54. The Morgan fingerprint density at radius 3 is 2.84 bits per heavy atom. The van der Waals surface area contributed by atoms with Crippen LogP contribution in [0.1, 0.15) is 38.4 Å². The van der Waals surface area contributed by atoms with Crippen LogP contribution in [0.25, 0.3) is 0 Å². The number of nitrogens with one attached hydrogen (secondary N) is 1. The molecule has 6 nitrogen and oxygen atoms in total. The molecule has 1 saturated carbocycles. The van der Waals surface area contributed by atoms with E-state index in [4.69, 9.17) is 0 Å². The largest absolute Gasteiger partial charge is 0.311 e. The molecule has 1 aliphatic heterocycles. The minimum Gasteiger partial charge on any atom is -0.311 e. The first-order chi connectivity index (χ1) is 9.26. The molecule has 1 aromatic heterocycles. The smallest absolute Gasteiger partial charge is 0.188 e. The highest BCUT2D eigenvalue weighted by molar-refractivity contribution is 4.95. The van der Waals surface area contributed by atoms with Crippen molar-refractivity contribution in [3.8, 4) is 0 Å². The summed E-state index contributed by atoms with van der Waals surface area (Å²) in [6.07, 6.45) is 5.26. The monoisotopic (exact) mass is 264 g/mol. The minimum atomic E-state index is 0.615. The fourth-order valence-corrected chi connectivity index (χ4v) is 3.08. The van der Waals surface area contributed by atoms with Gasteiger partial charge in [-0.3, -0.25) is 4.90 Å². The van der Waals surface area contributed by atoms with E-state index in [1.165, 1.54) is 25.7 Å². The molecule has 3 rings (SSSR count). The standard InChI is InChI=1S/C13H24N6/c1-3-4-11-7-14-12(10-5-6-10)8-19(11)9-13-15-17-18(2)16-13/h10-12,14H,3-9H2,1-2H3. The van der Waals surface area contributed by atoms with Gasteiger partial charge in [0.1, 0.15) is 0 Å². The lowest BCUT2D eigenvalue weighted by Gasteiger charge is -2.40. The van der Waals surface area contributed by atoms with Gasteiger partial charge in [0, 0.05) is 25.2 Å². The summed E-state index contributed by atoms with van der Waals surface area (Å²) in [7, 11) is 1.82. The number of nitrogens with zero attached hydrogens (tertiary/aromatic N) is 5. The van der Waals surface area contributed by atoms with E-state index in [2.05, 4.69) is 32.6 Å². The van der Waals surface area contributed by atoms with Crippen molar-refractivity contribution in [3.05, 3.63) is 5.82 Å².